The largest absolute Gasteiger partial charge is 0.431 e. The second-order valence-electron chi connectivity index (χ2n) is 5.15. The van der Waals surface area contributed by atoms with Gasteiger partial charge in [-0.3, -0.25) is 0 Å². The molecule has 2 rings (SSSR count). The number of rotatable bonds is 4. The van der Waals surface area contributed by atoms with Crippen LogP contribution in [0.4, 0.5) is 13.2 Å². The molecule has 3 nitrogen and oxygen atoms in total. The van der Waals surface area contributed by atoms with Gasteiger partial charge in [0.05, 0.1) is 19.3 Å². The summed E-state index contributed by atoms with van der Waals surface area (Å²) in [6.45, 7) is 2.51. The van der Waals surface area contributed by atoms with Crippen molar-refractivity contribution in [1.29, 1.82) is 0 Å². The molecule has 0 saturated carbocycles. The predicted molar refractivity (Wildman–Crippen MR) is 78.1 cm³/mol. The minimum absolute atomic E-state index is 0.0579. The summed E-state index contributed by atoms with van der Waals surface area (Å²) >= 11 is 0. The first-order valence-electron chi connectivity index (χ1n) is 7.32. The average Bonchev–Trinajstić information content (AvgIpc) is 2.52. The van der Waals surface area contributed by atoms with Gasteiger partial charge in [-0.1, -0.05) is 37.3 Å². The van der Waals surface area contributed by atoms with Crippen molar-refractivity contribution in [2.75, 3.05) is 26.3 Å². The molecule has 1 aromatic carbocycles. The van der Waals surface area contributed by atoms with E-state index in [0.717, 1.165) is 0 Å². The maximum absolute atomic E-state index is 13.7. The summed E-state index contributed by atoms with van der Waals surface area (Å²) in [5.41, 5.74) is -0.412. The van der Waals surface area contributed by atoms with Crippen molar-refractivity contribution in [3.05, 3.63) is 41.6 Å². The topological polar surface area (TPSA) is 32.7 Å². The van der Waals surface area contributed by atoms with Crippen molar-refractivity contribution in [2.45, 2.75) is 25.6 Å². The van der Waals surface area contributed by atoms with Crippen LogP contribution in [-0.4, -0.2) is 48.6 Å². The van der Waals surface area contributed by atoms with Crippen LogP contribution >= 0.6 is 0 Å². The number of nitrogens with zero attached hydrogens (tertiary/aromatic N) is 1. The van der Waals surface area contributed by atoms with E-state index in [1.54, 1.807) is 37.3 Å². The van der Waals surface area contributed by atoms with Crippen molar-refractivity contribution in [2.24, 2.45) is 0 Å². The molecule has 0 bridgehead atoms. The van der Waals surface area contributed by atoms with Crippen molar-refractivity contribution in [1.82, 2.24) is 4.90 Å². The Morgan fingerprint density at radius 3 is 2.32 bits per heavy atom. The number of allylic oxidation sites excluding steroid dienone is 1. The van der Waals surface area contributed by atoms with E-state index >= 15 is 0 Å². The molecule has 122 valence electrons. The standard InChI is InChI=1S/C16H20F3NO2/c1-2-13(21)14(12-6-4-3-5-7-12)15(16(17,18)19)20-8-10-22-11-9-20/h3-7,13,21H,2,8-11H2,1H3/b15-14+. The zero-order chi connectivity index (χ0) is 16.2. The molecule has 1 aliphatic rings. The van der Waals surface area contributed by atoms with Gasteiger partial charge < -0.3 is 14.7 Å². The number of ether oxygens (including phenoxy) is 1. The first-order valence-corrected chi connectivity index (χ1v) is 7.32. The van der Waals surface area contributed by atoms with Gasteiger partial charge in [0.1, 0.15) is 5.70 Å². The Morgan fingerprint density at radius 1 is 1.23 bits per heavy atom. The third-order valence-electron chi connectivity index (χ3n) is 3.66. The van der Waals surface area contributed by atoms with E-state index in [1.807, 2.05) is 0 Å². The Morgan fingerprint density at radius 2 is 1.82 bits per heavy atom. The van der Waals surface area contributed by atoms with Crippen molar-refractivity contribution >= 4 is 5.57 Å². The highest BCUT2D eigenvalue weighted by Gasteiger charge is 2.42. The number of halogens is 3. The molecule has 1 fully saturated rings. The normalized spacial score (nSPS) is 18.9. The monoisotopic (exact) mass is 315 g/mol. The minimum Gasteiger partial charge on any atom is -0.388 e. The van der Waals surface area contributed by atoms with Crippen molar-refractivity contribution in [3.8, 4) is 0 Å². The lowest BCUT2D eigenvalue weighted by Gasteiger charge is -2.34. The highest BCUT2D eigenvalue weighted by atomic mass is 19.4. The lowest BCUT2D eigenvalue weighted by molar-refractivity contribution is -0.118. The second kappa shape index (κ2) is 7.15. The van der Waals surface area contributed by atoms with Gasteiger partial charge in [-0.15, -0.1) is 0 Å². The molecular weight excluding hydrogens is 295 g/mol. The zero-order valence-corrected chi connectivity index (χ0v) is 12.4. The minimum atomic E-state index is -4.53. The number of hydrogen-bond donors (Lipinski definition) is 1. The van der Waals surface area contributed by atoms with Crippen LogP contribution in [0.15, 0.2) is 36.0 Å². The van der Waals surface area contributed by atoms with E-state index in [4.69, 9.17) is 4.74 Å². The summed E-state index contributed by atoms with van der Waals surface area (Å²) in [7, 11) is 0. The first kappa shape index (κ1) is 16.8. The molecular formula is C16H20F3NO2. The molecule has 1 N–H and O–H groups in total. The quantitative estimate of drug-likeness (QED) is 0.927. The molecule has 22 heavy (non-hydrogen) atoms. The molecule has 0 radical (unpaired) electrons. The van der Waals surface area contributed by atoms with Gasteiger partial charge in [-0.05, 0) is 12.0 Å². The third kappa shape index (κ3) is 3.81. The Balaban J connectivity index is 2.59. The van der Waals surface area contributed by atoms with Crippen LogP contribution in [0.2, 0.25) is 0 Å². The van der Waals surface area contributed by atoms with Gasteiger partial charge in [0.15, 0.2) is 0 Å². The molecule has 0 spiro atoms. The maximum Gasteiger partial charge on any atom is 0.431 e. The highest BCUT2D eigenvalue weighted by molar-refractivity contribution is 5.72. The number of alkyl halides is 3. The lowest BCUT2D eigenvalue weighted by Crippen LogP contribution is -2.41. The molecule has 0 aliphatic carbocycles. The van der Waals surface area contributed by atoms with Gasteiger partial charge in [-0.2, -0.15) is 13.2 Å². The highest BCUT2D eigenvalue weighted by Crippen LogP contribution is 2.37. The van der Waals surface area contributed by atoms with Gasteiger partial charge in [0, 0.05) is 18.7 Å². The Hall–Kier alpha value is -1.53. The van der Waals surface area contributed by atoms with E-state index in [0.29, 0.717) is 5.56 Å². The Bertz CT molecular complexity index is 508. The van der Waals surface area contributed by atoms with Crippen LogP contribution < -0.4 is 0 Å². The Kier molecular flexibility index (Phi) is 5.47. The molecule has 1 aromatic rings. The van der Waals surface area contributed by atoms with Gasteiger partial charge in [0.2, 0.25) is 0 Å². The summed E-state index contributed by atoms with van der Waals surface area (Å²) in [6, 6.07) is 8.28. The van der Waals surface area contributed by atoms with Crippen LogP contribution in [-0.2, 0) is 4.74 Å². The fraction of sp³-hybridized carbons (Fsp3) is 0.500. The van der Waals surface area contributed by atoms with E-state index in [-0.39, 0.29) is 38.3 Å². The number of aliphatic hydroxyl groups excluding tert-OH is 1. The molecule has 0 amide bonds. The smallest absolute Gasteiger partial charge is 0.388 e. The number of hydrogen-bond acceptors (Lipinski definition) is 3. The van der Waals surface area contributed by atoms with Crippen LogP contribution in [0.25, 0.3) is 5.57 Å². The molecule has 1 heterocycles. The van der Waals surface area contributed by atoms with Gasteiger partial charge in [-0.25, -0.2) is 0 Å². The number of aliphatic hydroxyl groups is 1. The van der Waals surface area contributed by atoms with E-state index in [1.165, 1.54) is 4.90 Å². The summed E-state index contributed by atoms with van der Waals surface area (Å²) < 4.78 is 46.2. The number of morpholine rings is 1. The van der Waals surface area contributed by atoms with Gasteiger partial charge in [0.25, 0.3) is 0 Å². The van der Waals surface area contributed by atoms with E-state index in [2.05, 4.69) is 0 Å². The molecule has 0 aromatic heterocycles. The Labute approximate surface area is 128 Å². The summed E-state index contributed by atoms with van der Waals surface area (Å²) in [5, 5.41) is 10.2. The van der Waals surface area contributed by atoms with Crippen LogP contribution in [0.1, 0.15) is 18.9 Å². The summed E-state index contributed by atoms with van der Waals surface area (Å²) in [5.74, 6) is 0. The first-order chi connectivity index (χ1) is 10.4. The van der Waals surface area contributed by atoms with Crippen LogP contribution in [0, 0.1) is 0 Å². The molecule has 1 saturated heterocycles. The van der Waals surface area contributed by atoms with Crippen molar-refractivity contribution in [3.63, 3.8) is 0 Å². The van der Waals surface area contributed by atoms with Crippen molar-refractivity contribution < 1.29 is 23.0 Å². The van der Waals surface area contributed by atoms with Gasteiger partial charge >= 0.3 is 6.18 Å². The number of benzene rings is 1. The maximum atomic E-state index is 13.7. The lowest BCUT2D eigenvalue weighted by atomic mass is 9.95. The van der Waals surface area contributed by atoms with E-state index < -0.39 is 18.0 Å². The van der Waals surface area contributed by atoms with Crippen LogP contribution in [0.3, 0.4) is 0 Å². The fourth-order valence-corrected chi connectivity index (χ4v) is 2.60. The molecule has 6 heteroatoms. The molecule has 1 aliphatic heterocycles. The molecule has 1 atom stereocenters. The predicted octanol–water partition coefficient (Wildman–Crippen LogP) is 3.06. The third-order valence-corrected chi connectivity index (χ3v) is 3.66. The van der Waals surface area contributed by atoms with E-state index in [9.17, 15) is 18.3 Å². The molecule has 1 unspecified atom stereocenters. The average molecular weight is 315 g/mol. The SMILES string of the molecule is CCC(O)/C(=C(/N1CCOCC1)C(F)(F)F)c1ccccc1. The second-order valence-corrected chi connectivity index (χ2v) is 5.15. The zero-order valence-electron chi connectivity index (χ0n) is 12.4. The summed E-state index contributed by atoms with van der Waals surface area (Å²) in [4.78, 5) is 1.27. The van der Waals surface area contributed by atoms with Crippen LogP contribution in [0.5, 0.6) is 0 Å². The fourth-order valence-electron chi connectivity index (χ4n) is 2.60. The summed E-state index contributed by atoms with van der Waals surface area (Å²) in [6.07, 6.45) is -5.48.